The van der Waals surface area contributed by atoms with Crippen molar-refractivity contribution in [2.24, 2.45) is 5.92 Å². The molecule has 0 spiro atoms. The van der Waals surface area contributed by atoms with Crippen molar-refractivity contribution in [2.75, 3.05) is 26.7 Å². The molecule has 1 heterocycles. The molecule has 1 amide bonds. The Morgan fingerprint density at radius 2 is 1.78 bits per heavy atom. The summed E-state index contributed by atoms with van der Waals surface area (Å²) in [6.45, 7) is 1.48. The highest BCUT2D eigenvalue weighted by atomic mass is 32.2. The zero-order valence-electron chi connectivity index (χ0n) is 18.3. The number of aryl methyl sites for hydroxylation is 1. The third-order valence-electron chi connectivity index (χ3n) is 5.84. The van der Waals surface area contributed by atoms with E-state index < -0.39 is 10.0 Å². The van der Waals surface area contributed by atoms with Gasteiger partial charge in [-0.2, -0.15) is 5.26 Å². The smallest absolute Gasteiger partial charge is 0.253 e. The van der Waals surface area contributed by atoms with Gasteiger partial charge in [0.1, 0.15) is 5.75 Å². The van der Waals surface area contributed by atoms with Crippen LogP contribution in [-0.4, -0.2) is 46.0 Å². The summed E-state index contributed by atoms with van der Waals surface area (Å²) in [5.74, 6) is 1.38. The van der Waals surface area contributed by atoms with Crippen LogP contribution in [0.2, 0.25) is 0 Å². The van der Waals surface area contributed by atoms with Crippen LogP contribution in [-0.2, 0) is 16.4 Å². The minimum Gasteiger partial charge on any atom is -0.497 e. The number of hydrogen-bond donors (Lipinski definition) is 1. The average Bonchev–Trinajstić information content (AvgIpc) is 2.83. The number of methoxy groups -OCH3 is 1. The summed E-state index contributed by atoms with van der Waals surface area (Å²) >= 11 is 0. The number of nitrogens with one attached hydrogen (secondary N) is 1. The van der Waals surface area contributed by atoms with E-state index in [2.05, 4.69) is 16.9 Å². The summed E-state index contributed by atoms with van der Waals surface area (Å²) in [5, 5.41) is 8.54. The second-order valence-corrected chi connectivity index (χ2v) is 9.72. The lowest BCUT2D eigenvalue weighted by atomic mass is 9.90. The Bertz CT molecular complexity index is 1040. The molecule has 0 saturated carbocycles. The lowest BCUT2D eigenvalue weighted by Crippen LogP contribution is -2.38. The Morgan fingerprint density at radius 1 is 1.12 bits per heavy atom. The first-order valence-corrected chi connectivity index (χ1v) is 12.3. The number of carbonyl (C=O) groups excluding carboxylic acids is 1. The molecule has 0 bridgehead atoms. The number of hydrogen-bond acceptors (Lipinski definition) is 5. The number of piperidine rings is 1. The number of ether oxygens (including phenoxy) is 1. The minimum atomic E-state index is -3.67. The number of amides is 1. The van der Waals surface area contributed by atoms with Gasteiger partial charge in [0.15, 0.2) is 0 Å². The van der Waals surface area contributed by atoms with Crippen molar-refractivity contribution in [2.45, 2.75) is 37.0 Å². The third-order valence-corrected chi connectivity index (χ3v) is 7.32. The van der Waals surface area contributed by atoms with Gasteiger partial charge in [-0.1, -0.05) is 12.1 Å². The Hall–Kier alpha value is -2.89. The molecule has 3 rings (SSSR count). The van der Waals surface area contributed by atoms with Crippen LogP contribution in [0.25, 0.3) is 0 Å². The highest BCUT2D eigenvalue weighted by Gasteiger charge is 2.24. The van der Waals surface area contributed by atoms with Gasteiger partial charge in [0.2, 0.25) is 10.0 Å². The maximum Gasteiger partial charge on any atom is 0.253 e. The number of carbonyl (C=O) groups is 1. The molecule has 0 atom stereocenters. The lowest BCUT2D eigenvalue weighted by molar-refractivity contribution is 0.0687. The van der Waals surface area contributed by atoms with E-state index in [1.54, 1.807) is 19.2 Å². The van der Waals surface area contributed by atoms with Crippen LogP contribution in [0, 0.1) is 17.2 Å². The van der Waals surface area contributed by atoms with E-state index in [0.29, 0.717) is 24.6 Å². The summed E-state index contributed by atoms with van der Waals surface area (Å²) in [6.07, 6.45) is 4.15. The zero-order valence-corrected chi connectivity index (χ0v) is 19.1. The molecule has 170 valence electrons. The van der Waals surface area contributed by atoms with E-state index in [1.807, 2.05) is 23.1 Å². The summed E-state index contributed by atoms with van der Waals surface area (Å²) in [7, 11) is -2.01. The Balaban J connectivity index is 1.48. The first-order chi connectivity index (χ1) is 15.4. The molecule has 1 fully saturated rings. The Morgan fingerprint density at radius 3 is 2.38 bits per heavy atom. The topological polar surface area (TPSA) is 99.5 Å². The van der Waals surface area contributed by atoms with Gasteiger partial charge >= 0.3 is 0 Å². The second kappa shape index (κ2) is 11.1. The Kier molecular flexibility index (Phi) is 8.26. The number of rotatable bonds is 9. The van der Waals surface area contributed by atoms with Crippen LogP contribution in [0.3, 0.4) is 0 Å². The number of likely N-dealkylation sites (tertiary alicyclic amines) is 1. The predicted octanol–water partition coefficient (Wildman–Crippen LogP) is 3.37. The molecule has 1 saturated heterocycles. The summed E-state index contributed by atoms with van der Waals surface area (Å²) in [6, 6.07) is 16.0. The largest absolute Gasteiger partial charge is 0.497 e. The van der Waals surface area contributed by atoms with Crippen molar-refractivity contribution < 1.29 is 17.9 Å². The van der Waals surface area contributed by atoms with E-state index >= 15 is 0 Å². The lowest BCUT2D eigenvalue weighted by Gasteiger charge is -2.32. The molecule has 0 unspecified atom stereocenters. The van der Waals surface area contributed by atoms with Crippen LogP contribution in [0.15, 0.2) is 53.4 Å². The van der Waals surface area contributed by atoms with Gasteiger partial charge in [0.25, 0.3) is 5.91 Å². The first kappa shape index (κ1) is 23.8. The summed E-state index contributed by atoms with van der Waals surface area (Å²) < 4.78 is 32.0. The van der Waals surface area contributed by atoms with Crippen LogP contribution in [0.5, 0.6) is 5.75 Å². The van der Waals surface area contributed by atoms with E-state index in [-0.39, 0.29) is 23.8 Å². The van der Waals surface area contributed by atoms with Crippen LogP contribution in [0.4, 0.5) is 0 Å². The van der Waals surface area contributed by atoms with Crippen molar-refractivity contribution in [3.05, 3.63) is 59.7 Å². The van der Waals surface area contributed by atoms with E-state index in [0.717, 1.165) is 31.4 Å². The number of benzene rings is 2. The van der Waals surface area contributed by atoms with E-state index in [4.69, 9.17) is 10.00 Å². The third kappa shape index (κ3) is 6.31. The molecular formula is C24H29N3O4S. The standard InChI is InChI=1S/C24H29N3O4S/c1-31-22-9-5-19(6-10-22)3-4-20-13-17-27(18-14-20)24(28)21-7-11-23(12-8-21)32(29,30)26-16-2-15-25/h5-12,20,26H,2-4,13-14,16-18H2,1H3. The van der Waals surface area contributed by atoms with Gasteiger partial charge in [0.05, 0.1) is 18.1 Å². The molecular weight excluding hydrogens is 426 g/mol. The van der Waals surface area contributed by atoms with Crippen LogP contribution >= 0.6 is 0 Å². The van der Waals surface area contributed by atoms with Gasteiger partial charge in [0, 0.05) is 31.6 Å². The van der Waals surface area contributed by atoms with Gasteiger partial charge in [-0.25, -0.2) is 13.1 Å². The molecule has 2 aromatic carbocycles. The van der Waals surface area contributed by atoms with Gasteiger partial charge < -0.3 is 9.64 Å². The molecule has 1 aliphatic rings. The van der Waals surface area contributed by atoms with Crippen molar-refractivity contribution in [3.8, 4) is 11.8 Å². The van der Waals surface area contributed by atoms with Gasteiger partial charge in [-0.05, 0) is 73.6 Å². The van der Waals surface area contributed by atoms with Crippen molar-refractivity contribution in [1.82, 2.24) is 9.62 Å². The predicted molar refractivity (Wildman–Crippen MR) is 122 cm³/mol. The monoisotopic (exact) mass is 455 g/mol. The molecule has 1 N–H and O–H groups in total. The number of nitrogens with zero attached hydrogens (tertiary/aromatic N) is 2. The summed E-state index contributed by atoms with van der Waals surface area (Å²) in [5.41, 5.74) is 1.78. The zero-order chi connectivity index (χ0) is 23.0. The minimum absolute atomic E-state index is 0.0624. The Labute approximate surface area is 190 Å². The van der Waals surface area contributed by atoms with Gasteiger partial charge in [-0.3, -0.25) is 4.79 Å². The average molecular weight is 456 g/mol. The van der Waals surface area contributed by atoms with E-state index in [1.165, 1.54) is 17.7 Å². The summed E-state index contributed by atoms with van der Waals surface area (Å²) in [4.78, 5) is 14.8. The van der Waals surface area contributed by atoms with Crippen LogP contribution < -0.4 is 9.46 Å². The fourth-order valence-electron chi connectivity index (χ4n) is 3.87. The van der Waals surface area contributed by atoms with Crippen molar-refractivity contribution in [3.63, 3.8) is 0 Å². The van der Waals surface area contributed by atoms with Crippen molar-refractivity contribution in [1.29, 1.82) is 5.26 Å². The SMILES string of the molecule is COc1ccc(CCC2CCN(C(=O)c3ccc(S(=O)(=O)NCCC#N)cc3)CC2)cc1. The molecule has 1 aliphatic heterocycles. The normalized spacial score (nSPS) is 14.7. The van der Waals surface area contributed by atoms with Gasteiger partial charge in [-0.15, -0.1) is 0 Å². The molecule has 0 aliphatic carbocycles. The van der Waals surface area contributed by atoms with Crippen LogP contribution in [0.1, 0.15) is 41.6 Å². The maximum absolute atomic E-state index is 12.8. The highest BCUT2D eigenvalue weighted by molar-refractivity contribution is 7.89. The highest BCUT2D eigenvalue weighted by Crippen LogP contribution is 2.24. The molecule has 8 heteroatoms. The van der Waals surface area contributed by atoms with Crippen molar-refractivity contribution >= 4 is 15.9 Å². The molecule has 32 heavy (non-hydrogen) atoms. The molecule has 2 aromatic rings. The van der Waals surface area contributed by atoms with E-state index in [9.17, 15) is 13.2 Å². The number of nitriles is 1. The maximum atomic E-state index is 12.8. The molecule has 0 aromatic heterocycles. The fourth-order valence-corrected chi connectivity index (χ4v) is 4.90. The quantitative estimate of drug-likeness (QED) is 0.585. The fraction of sp³-hybridized carbons (Fsp3) is 0.417. The number of sulfonamides is 1. The molecule has 0 radical (unpaired) electrons. The second-order valence-electron chi connectivity index (χ2n) is 7.95. The molecule has 7 nitrogen and oxygen atoms in total. The first-order valence-electron chi connectivity index (χ1n) is 10.8.